The first-order chi connectivity index (χ1) is 11.4. The van der Waals surface area contributed by atoms with E-state index in [1.807, 2.05) is 6.07 Å². The topological polar surface area (TPSA) is 110 Å². The Hall–Kier alpha value is -2.86. The van der Waals surface area contributed by atoms with Crippen molar-refractivity contribution < 1.29 is 25.2 Å². The Morgan fingerprint density at radius 1 is 1.17 bits per heavy atom. The van der Waals surface area contributed by atoms with E-state index >= 15 is 0 Å². The molecule has 0 amide bonds. The number of aliphatic imine (C=N–C) groups is 1. The number of carbonyl (C=O) groups is 1. The van der Waals surface area contributed by atoms with Gasteiger partial charge in [-0.05, 0) is 42.2 Å². The molecular weight excluding hydrogens is 310 g/mol. The summed E-state index contributed by atoms with van der Waals surface area (Å²) in [5, 5.41) is 39.1. The number of phenols is 2. The van der Waals surface area contributed by atoms with E-state index < -0.39 is 12.0 Å². The number of carboxylic acids is 1. The summed E-state index contributed by atoms with van der Waals surface area (Å²) in [6, 6.07) is 7.17. The van der Waals surface area contributed by atoms with Crippen molar-refractivity contribution >= 4 is 11.7 Å². The van der Waals surface area contributed by atoms with Gasteiger partial charge >= 0.3 is 5.97 Å². The van der Waals surface area contributed by atoms with Gasteiger partial charge in [0.2, 0.25) is 0 Å². The van der Waals surface area contributed by atoms with E-state index in [0.29, 0.717) is 23.1 Å². The average Bonchev–Trinajstić information content (AvgIpc) is 2.53. The Morgan fingerprint density at radius 3 is 2.54 bits per heavy atom. The molecule has 0 spiro atoms. The van der Waals surface area contributed by atoms with E-state index in [2.05, 4.69) is 4.99 Å². The summed E-state index contributed by atoms with van der Waals surface area (Å²) in [5.74, 6) is -1.21. The zero-order chi connectivity index (χ0) is 17.4. The molecule has 0 aromatic heterocycles. The van der Waals surface area contributed by atoms with Crippen LogP contribution in [0.5, 0.6) is 11.5 Å². The SMILES string of the molecule is CC(N=C1c2c(O)cccc2Cc2cc(CO)cc(O)c21)C(=O)O. The predicted molar refractivity (Wildman–Crippen MR) is 87.7 cm³/mol. The Kier molecular flexibility index (Phi) is 3.99. The Morgan fingerprint density at radius 2 is 1.88 bits per heavy atom. The number of aliphatic carboxylic acids is 1. The van der Waals surface area contributed by atoms with Crippen molar-refractivity contribution in [2.45, 2.75) is 26.0 Å². The highest BCUT2D eigenvalue weighted by Gasteiger charge is 2.28. The lowest BCUT2D eigenvalue weighted by Crippen LogP contribution is -2.22. The first kappa shape index (κ1) is 16.0. The van der Waals surface area contributed by atoms with Crippen molar-refractivity contribution in [3.8, 4) is 11.5 Å². The van der Waals surface area contributed by atoms with Crippen molar-refractivity contribution in [2.24, 2.45) is 4.99 Å². The normalized spacial score (nSPS) is 15.7. The standard InChI is InChI=1S/C18H17NO5/c1-9(18(23)24)19-17-15-11(3-2-4-13(15)21)7-12-5-10(8-20)6-14(22)16(12)17/h2-6,9,20-22H,7-8H2,1H3,(H,23,24). The van der Waals surface area contributed by atoms with Gasteiger partial charge in [-0.25, -0.2) is 4.79 Å². The molecule has 4 N–H and O–H groups in total. The maximum Gasteiger partial charge on any atom is 0.328 e. The van der Waals surface area contributed by atoms with Gasteiger partial charge in [-0.2, -0.15) is 0 Å². The van der Waals surface area contributed by atoms with E-state index in [-0.39, 0.29) is 23.8 Å². The van der Waals surface area contributed by atoms with Crippen LogP contribution in [0.4, 0.5) is 0 Å². The van der Waals surface area contributed by atoms with E-state index in [1.165, 1.54) is 19.1 Å². The predicted octanol–water partition coefficient (Wildman–Crippen LogP) is 1.80. The third kappa shape index (κ3) is 2.61. The van der Waals surface area contributed by atoms with Crippen LogP contribution in [0.2, 0.25) is 0 Å². The highest BCUT2D eigenvalue weighted by molar-refractivity contribution is 6.19. The maximum absolute atomic E-state index is 11.2. The minimum absolute atomic E-state index is 0.0138. The third-order valence-electron chi connectivity index (χ3n) is 4.10. The molecule has 2 aromatic carbocycles. The van der Waals surface area contributed by atoms with Gasteiger partial charge < -0.3 is 20.4 Å². The van der Waals surface area contributed by atoms with Gasteiger partial charge in [0.1, 0.15) is 17.5 Å². The van der Waals surface area contributed by atoms with E-state index in [0.717, 1.165) is 11.1 Å². The smallest absolute Gasteiger partial charge is 0.328 e. The average molecular weight is 327 g/mol. The van der Waals surface area contributed by atoms with Gasteiger partial charge in [-0.1, -0.05) is 18.2 Å². The summed E-state index contributed by atoms with van der Waals surface area (Å²) >= 11 is 0. The third-order valence-corrected chi connectivity index (χ3v) is 4.10. The molecule has 0 aliphatic heterocycles. The van der Waals surface area contributed by atoms with E-state index in [9.17, 15) is 20.1 Å². The summed E-state index contributed by atoms with van der Waals surface area (Å²) in [6.07, 6.45) is 0.445. The van der Waals surface area contributed by atoms with Crippen LogP contribution < -0.4 is 0 Å². The summed E-state index contributed by atoms with van der Waals surface area (Å²) in [4.78, 5) is 15.4. The number of benzene rings is 2. The lowest BCUT2D eigenvalue weighted by atomic mass is 9.82. The van der Waals surface area contributed by atoms with Crippen LogP contribution in [0.3, 0.4) is 0 Å². The molecule has 6 heteroatoms. The van der Waals surface area contributed by atoms with E-state index in [4.69, 9.17) is 5.11 Å². The molecule has 0 radical (unpaired) electrons. The fourth-order valence-corrected chi connectivity index (χ4v) is 2.97. The summed E-state index contributed by atoms with van der Waals surface area (Å²) in [5.41, 5.74) is 3.16. The first-order valence-electron chi connectivity index (χ1n) is 7.50. The number of nitrogens with zero attached hydrogens (tertiary/aromatic N) is 1. The number of hydrogen-bond donors (Lipinski definition) is 4. The molecule has 6 nitrogen and oxygen atoms in total. The van der Waals surface area contributed by atoms with Gasteiger partial charge in [0, 0.05) is 11.1 Å². The molecule has 1 aliphatic carbocycles. The van der Waals surface area contributed by atoms with Crippen molar-refractivity contribution in [1.82, 2.24) is 0 Å². The summed E-state index contributed by atoms with van der Waals surface area (Å²) in [6.45, 7) is 1.22. The molecule has 1 atom stereocenters. The number of aromatic hydroxyl groups is 2. The second-order valence-electron chi connectivity index (χ2n) is 5.79. The number of rotatable bonds is 3. The zero-order valence-electron chi connectivity index (χ0n) is 13.0. The van der Waals surface area contributed by atoms with Gasteiger partial charge in [0.15, 0.2) is 0 Å². The molecule has 0 bridgehead atoms. The van der Waals surface area contributed by atoms with Crippen molar-refractivity contribution in [1.29, 1.82) is 0 Å². The fourth-order valence-electron chi connectivity index (χ4n) is 2.97. The maximum atomic E-state index is 11.2. The second-order valence-corrected chi connectivity index (χ2v) is 5.79. The summed E-state index contributed by atoms with van der Waals surface area (Å²) in [7, 11) is 0. The van der Waals surface area contributed by atoms with Crippen molar-refractivity contribution in [2.75, 3.05) is 0 Å². The van der Waals surface area contributed by atoms with Crippen LogP contribution in [-0.2, 0) is 17.8 Å². The lowest BCUT2D eigenvalue weighted by Gasteiger charge is -2.24. The molecule has 0 fully saturated rings. The number of phenolic OH excluding ortho intramolecular Hbond substituents is 2. The Balaban J connectivity index is 2.30. The minimum atomic E-state index is -1.10. The van der Waals surface area contributed by atoms with Crippen molar-refractivity contribution in [3.05, 3.63) is 58.1 Å². The molecule has 0 heterocycles. The van der Waals surface area contributed by atoms with Gasteiger partial charge in [-0.3, -0.25) is 4.99 Å². The van der Waals surface area contributed by atoms with Crippen LogP contribution in [0, 0.1) is 0 Å². The molecule has 0 saturated heterocycles. The van der Waals surface area contributed by atoms with Gasteiger partial charge in [0.05, 0.1) is 12.3 Å². The monoisotopic (exact) mass is 327 g/mol. The highest BCUT2D eigenvalue weighted by Crippen LogP contribution is 2.38. The lowest BCUT2D eigenvalue weighted by molar-refractivity contribution is -0.137. The Labute approximate surface area is 138 Å². The number of aliphatic hydroxyl groups excluding tert-OH is 1. The number of hydrogen-bond acceptors (Lipinski definition) is 5. The Bertz CT molecular complexity index is 857. The molecule has 24 heavy (non-hydrogen) atoms. The van der Waals surface area contributed by atoms with Crippen LogP contribution in [-0.4, -0.2) is 38.1 Å². The van der Waals surface area contributed by atoms with Crippen LogP contribution in [0.25, 0.3) is 0 Å². The van der Waals surface area contributed by atoms with Gasteiger partial charge in [-0.15, -0.1) is 0 Å². The molecule has 1 aliphatic rings. The molecule has 1 unspecified atom stereocenters. The van der Waals surface area contributed by atoms with Crippen LogP contribution >= 0.6 is 0 Å². The van der Waals surface area contributed by atoms with Gasteiger partial charge in [0.25, 0.3) is 0 Å². The first-order valence-corrected chi connectivity index (χ1v) is 7.50. The molecule has 3 rings (SSSR count). The van der Waals surface area contributed by atoms with Crippen LogP contribution in [0.15, 0.2) is 35.3 Å². The minimum Gasteiger partial charge on any atom is -0.507 e. The molecule has 124 valence electrons. The highest BCUT2D eigenvalue weighted by atomic mass is 16.4. The molecule has 2 aromatic rings. The molecular formula is C18H17NO5. The summed E-state index contributed by atoms with van der Waals surface area (Å²) < 4.78 is 0. The van der Waals surface area contributed by atoms with Crippen molar-refractivity contribution in [3.63, 3.8) is 0 Å². The quantitative estimate of drug-likeness (QED) is 0.586. The zero-order valence-corrected chi connectivity index (χ0v) is 13.0. The molecule has 0 saturated carbocycles. The number of carboxylic acid groups (broad SMARTS) is 1. The number of fused-ring (bicyclic) bond motifs is 2. The van der Waals surface area contributed by atoms with E-state index in [1.54, 1.807) is 12.1 Å². The number of aliphatic hydroxyl groups is 1. The second kappa shape index (κ2) is 5.98. The van der Waals surface area contributed by atoms with Crippen LogP contribution in [0.1, 0.15) is 34.7 Å². The largest absolute Gasteiger partial charge is 0.507 e. The fraction of sp³-hybridized carbons (Fsp3) is 0.222.